The minimum Gasteiger partial charge on any atom is -0.436 e. The van der Waals surface area contributed by atoms with Gasteiger partial charge in [0.2, 0.25) is 11.8 Å². The summed E-state index contributed by atoms with van der Waals surface area (Å²) < 4.78 is 11.5. The first kappa shape index (κ1) is 32.4. The Labute approximate surface area is 269 Å². The zero-order valence-electron chi connectivity index (χ0n) is 27.5. The van der Waals surface area contributed by atoms with Gasteiger partial charge in [-0.3, -0.25) is 10.1 Å². The molecule has 6 aromatic rings. The van der Waals surface area contributed by atoms with Gasteiger partial charge in [-0.2, -0.15) is 0 Å². The average molecular weight is 619 g/mol. The van der Waals surface area contributed by atoms with E-state index in [0.29, 0.717) is 34.8 Å². The summed E-state index contributed by atoms with van der Waals surface area (Å²) in [5.41, 5.74) is 14.2. The van der Waals surface area contributed by atoms with Crippen LogP contribution in [-0.4, -0.2) is 14.9 Å². The Bertz CT molecular complexity index is 1910. The maximum Gasteiger partial charge on any atom is 0.273 e. The summed E-state index contributed by atoms with van der Waals surface area (Å²) in [7, 11) is 0. The standard InChI is InChI=1S/C19H20N2O3.C19H22N2O/c1-19(2,3)11-10-13-8-9-14(12-16(13)21(22)23)18-20-15-6-4-5-7-17(15)24-18;1-19(2,3)11-10-13-8-9-14(12-15(13)20)18-21-16-6-4-5-7-17(16)22-18/h4-9,12H,10-11H2,1-3H3;4-9,12H,10-11,20H2,1-3H3. The Hall–Kier alpha value is -4.98. The van der Waals surface area contributed by atoms with Crippen LogP contribution in [0.4, 0.5) is 11.4 Å². The van der Waals surface area contributed by atoms with E-state index in [1.165, 1.54) is 5.56 Å². The molecule has 0 fully saturated rings. The lowest BCUT2D eigenvalue weighted by Gasteiger charge is -2.18. The number of nitrogen functional groups attached to an aromatic ring is 1. The summed E-state index contributed by atoms with van der Waals surface area (Å²) in [6.07, 6.45) is 3.66. The molecule has 0 bridgehead atoms. The van der Waals surface area contributed by atoms with E-state index < -0.39 is 0 Å². The van der Waals surface area contributed by atoms with Crippen molar-refractivity contribution in [2.75, 3.05) is 5.73 Å². The number of rotatable bonds is 7. The van der Waals surface area contributed by atoms with E-state index in [1.807, 2.05) is 72.8 Å². The van der Waals surface area contributed by atoms with Crippen LogP contribution in [0.1, 0.15) is 65.5 Å². The molecule has 6 rings (SSSR count). The summed E-state index contributed by atoms with van der Waals surface area (Å²) >= 11 is 0. The van der Waals surface area contributed by atoms with Crippen LogP contribution in [0.3, 0.4) is 0 Å². The van der Waals surface area contributed by atoms with Gasteiger partial charge in [-0.05, 0) is 84.5 Å². The molecule has 0 spiro atoms. The van der Waals surface area contributed by atoms with Crippen molar-refractivity contribution >= 4 is 33.6 Å². The Kier molecular flexibility index (Phi) is 9.28. The molecular formula is C38H42N4O4. The number of fused-ring (bicyclic) bond motifs is 2. The van der Waals surface area contributed by atoms with E-state index in [2.05, 4.69) is 57.6 Å². The molecule has 2 heterocycles. The summed E-state index contributed by atoms with van der Waals surface area (Å²) in [6.45, 7) is 13.1. The fourth-order valence-electron chi connectivity index (χ4n) is 5.04. The Morgan fingerprint density at radius 3 is 1.59 bits per heavy atom. The highest BCUT2D eigenvalue weighted by Gasteiger charge is 2.20. The van der Waals surface area contributed by atoms with Crippen molar-refractivity contribution in [2.45, 2.75) is 67.2 Å². The number of aryl methyl sites for hydroxylation is 2. The van der Waals surface area contributed by atoms with E-state index in [1.54, 1.807) is 6.07 Å². The molecule has 2 aromatic heterocycles. The Balaban J connectivity index is 0.000000182. The number of benzene rings is 4. The van der Waals surface area contributed by atoms with Gasteiger partial charge < -0.3 is 14.6 Å². The first-order valence-electron chi connectivity index (χ1n) is 15.6. The molecule has 8 nitrogen and oxygen atoms in total. The third-order valence-corrected chi connectivity index (χ3v) is 7.80. The number of anilines is 1. The first-order chi connectivity index (χ1) is 21.8. The van der Waals surface area contributed by atoms with Crippen molar-refractivity contribution in [1.29, 1.82) is 0 Å². The first-order valence-corrected chi connectivity index (χ1v) is 15.6. The van der Waals surface area contributed by atoms with Gasteiger partial charge in [0.15, 0.2) is 11.2 Å². The zero-order chi connectivity index (χ0) is 33.1. The van der Waals surface area contributed by atoms with Crippen LogP contribution in [0.15, 0.2) is 93.8 Å². The molecule has 2 N–H and O–H groups in total. The number of hydrogen-bond acceptors (Lipinski definition) is 7. The Morgan fingerprint density at radius 2 is 1.13 bits per heavy atom. The van der Waals surface area contributed by atoms with Crippen LogP contribution < -0.4 is 5.73 Å². The Morgan fingerprint density at radius 1 is 0.674 bits per heavy atom. The minimum atomic E-state index is -0.329. The lowest BCUT2D eigenvalue weighted by Crippen LogP contribution is -2.07. The van der Waals surface area contributed by atoms with Crippen molar-refractivity contribution in [3.63, 3.8) is 0 Å². The summed E-state index contributed by atoms with van der Waals surface area (Å²) in [6, 6.07) is 26.5. The minimum absolute atomic E-state index is 0.124. The molecule has 0 saturated carbocycles. The molecule has 0 aliphatic carbocycles. The normalized spacial score (nSPS) is 11.9. The van der Waals surface area contributed by atoms with Crippen LogP contribution in [-0.2, 0) is 12.8 Å². The van der Waals surface area contributed by atoms with Crippen LogP contribution in [0.2, 0.25) is 0 Å². The van der Waals surface area contributed by atoms with Gasteiger partial charge in [-0.15, -0.1) is 0 Å². The predicted molar refractivity (Wildman–Crippen MR) is 186 cm³/mol. The third kappa shape index (κ3) is 8.18. The number of hydrogen-bond donors (Lipinski definition) is 1. The number of aromatic nitrogens is 2. The molecule has 0 radical (unpaired) electrons. The largest absolute Gasteiger partial charge is 0.436 e. The summed E-state index contributed by atoms with van der Waals surface area (Å²) in [4.78, 5) is 20.1. The highest BCUT2D eigenvalue weighted by atomic mass is 16.6. The van der Waals surface area contributed by atoms with Gasteiger partial charge >= 0.3 is 0 Å². The van der Waals surface area contributed by atoms with Crippen LogP contribution in [0, 0.1) is 20.9 Å². The fraction of sp³-hybridized carbons (Fsp3) is 0.316. The quantitative estimate of drug-likeness (QED) is 0.107. The number of nitro benzene ring substituents is 1. The second kappa shape index (κ2) is 13.2. The van der Waals surface area contributed by atoms with Crippen molar-refractivity contribution in [1.82, 2.24) is 9.97 Å². The highest BCUT2D eigenvalue weighted by molar-refractivity contribution is 5.77. The topological polar surface area (TPSA) is 121 Å². The fourth-order valence-corrected chi connectivity index (χ4v) is 5.04. The molecule has 0 saturated heterocycles. The molecule has 8 heteroatoms. The van der Waals surface area contributed by atoms with Crippen LogP contribution in [0.25, 0.3) is 45.1 Å². The maximum atomic E-state index is 11.5. The monoisotopic (exact) mass is 618 g/mol. The van der Waals surface area contributed by atoms with Gasteiger partial charge in [0, 0.05) is 28.4 Å². The number of oxazole rings is 2. The van der Waals surface area contributed by atoms with E-state index in [0.717, 1.165) is 52.7 Å². The molecule has 0 aliphatic rings. The highest BCUT2D eigenvalue weighted by Crippen LogP contribution is 2.32. The van der Waals surface area contributed by atoms with Crippen molar-refractivity contribution in [3.8, 4) is 22.9 Å². The molecule has 46 heavy (non-hydrogen) atoms. The van der Waals surface area contributed by atoms with Crippen molar-refractivity contribution in [3.05, 3.63) is 106 Å². The SMILES string of the molecule is CC(C)(C)CCc1ccc(-c2nc3ccccc3o2)cc1N.CC(C)(C)CCc1ccc(-c2nc3ccccc3o2)cc1[N+](=O)[O-]. The van der Waals surface area contributed by atoms with E-state index in [9.17, 15) is 10.1 Å². The van der Waals surface area contributed by atoms with Gasteiger partial charge in [0.1, 0.15) is 11.0 Å². The van der Waals surface area contributed by atoms with E-state index in [4.69, 9.17) is 14.6 Å². The number of nitrogens with zero attached hydrogens (tertiary/aromatic N) is 3. The molecule has 0 atom stereocenters. The van der Waals surface area contributed by atoms with Crippen LogP contribution in [0.5, 0.6) is 0 Å². The lowest BCUT2D eigenvalue weighted by atomic mass is 9.88. The molecule has 4 aromatic carbocycles. The summed E-state index contributed by atoms with van der Waals surface area (Å²) in [5, 5.41) is 11.5. The number of nitrogens with two attached hydrogens (primary N) is 1. The van der Waals surface area contributed by atoms with Crippen LogP contribution >= 0.6 is 0 Å². The van der Waals surface area contributed by atoms with Gasteiger partial charge in [0.25, 0.3) is 5.69 Å². The third-order valence-electron chi connectivity index (χ3n) is 7.80. The molecule has 238 valence electrons. The van der Waals surface area contributed by atoms with Gasteiger partial charge in [-0.1, -0.05) is 77.9 Å². The van der Waals surface area contributed by atoms with E-state index >= 15 is 0 Å². The lowest BCUT2D eigenvalue weighted by molar-refractivity contribution is -0.385. The maximum absolute atomic E-state index is 11.5. The molecular weight excluding hydrogens is 576 g/mol. The second-order valence-corrected chi connectivity index (χ2v) is 14.1. The molecule has 0 amide bonds. The average Bonchev–Trinajstić information content (AvgIpc) is 3.63. The van der Waals surface area contributed by atoms with Gasteiger partial charge in [-0.25, -0.2) is 9.97 Å². The molecule has 0 unspecified atom stereocenters. The number of para-hydroxylation sites is 4. The number of nitro groups is 1. The predicted octanol–water partition coefficient (Wildman–Crippen LogP) is 10.4. The van der Waals surface area contributed by atoms with Gasteiger partial charge in [0.05, 0.1) is 4.92 Å². The second-order valence-electron chi connectivity index (χ2n) is 14.1. The zero-order valence-corrected chi connectivity index (χ0v) is 27.5. The summed E-state index contributed by atoms with van der Waals surface area (Å²) in [5.74, 6) is 1.02. The smallest absolute Gasteiger partial charge is 0.273 e. The molecule has 0 aliphatic heterocycles. The van der Waals surface area contributed by atoms with Crippen molar-refractivity contribution < 1.29 is 13.8 Å². The van der Waals surface area contributed by atoms with E-state index in [-0.39, 0.29) is 16.0 Å². The van der Waals surface area contributed by atoms with Crippen molar-refractivity contribution in [2.24, 2.45) is 10.8 Å².